The van der Waals surface area contributed by atoms with Crippen molar-refractivity contribution in [1.82, 2.24) is 9.97 Å². The minimum atomic E-state index is -0.224. The number of aryl methyl sites for hydroxylation is 1. The molecule has 0 aliphatic rings. The summed E-state index contributed by atoms with van der Waals surface area (Å²) < 4.78 is 0.458. The number of benzene rings is 2. The van der Waals surface area contributed by atoms with E-state index in [0.717, 1.165) is 28.0 Å². The zero-order valence-corrected chi connectivity index (χ0v) is 15.9. The molecule has 0 aliphatic carbocycles. The van der Waals surface area contributed by atoms with E-state index in [9.17, 15) is 9.90 Å². The van der Waals surface area contributed by atoms with Gasteiger partial charge < -0.3 is 21.6 Å². The number of phenols is 1. The van der Waals surface area contributed by atoms with Gasteiger partial charge >= 0.3 is 0 Å². The summed E-state index contributed by atoms with van der Waals surface area (Å²) >= 11 is 1.15. The highest BCUT2D eigenvalue weighted by Gasteiger charge is 2.19. The Hall–Kier alpha value is -2.90. The number of hydrogen-bond donors (Lipinski definition) is 4. The van der Waals surface area contributed by atoms with Crippen LogP contribution >= 0.6 is 11.3 Å². The van der Waals surface area contributed by atoms with Gasteiger partial charge in [-0.2, -0.15) is 0 Å². The molecule has 7 heteroatoms. The number of aromatic amines is 1. The number of nitrogens with two attached hydrogens (primary N) is 2. The minimum Gasteiger partial charge on any atom is -0.507 e. The van der Waals surface area contributed by atoms with Crippen LogP contribution in [-0.4, -0.2) is 21.6 Å². The lowest BCUT2D eigenvalue weighted by Crippen LogP contribution is -2.08. The van der Waals surface area contributed by atoms with Gasteiger partial charge in [-0.15, -0.1) is 0 Å². The van der Waals surface area contributed by atoms with Crippen LogP contribution in [-0.2, 0) is 0 Å². The van der Waals surface area contributed by atoms with Crippen molar-refractivity contribution < 1.29 is 5.11 Å². The molecule has 0 aliphatic heterocycles. The van der Waals surface area contributed by atoms with Crippen LogP contribution in [0.4, 0.5) is 5.13 Å². The molecule has 0 unspecified atom stereocenters. The van der Waals surface area contributed by atoms with Gasteiger partial charge in [0.05, 0.1) is 11.0 Å². The molecule has 138 valence electrons. The fraction of sp³-hybridized carbons (Fsp3) is 0.200. The molecule has 0 radical (unpaired) electrons. The van der Waals surface area contributed by atoms with Gasteiger partial charge in [-0.1, -0.05) is 42.5 Å². The summed E-state index contributed by atoms with van der Waals surface area (Å²) in [5, 5.41) is 11.8. The lowest BCUT2D eigenvalue weighted by Gasteiger charge is -2.14. The van der Waals surface area contributed by atoms with Crippen molar-refractivity contribution in [2.45, 2.75) is 19.8 Å². The monoisotopic (exact) mass is 380 g/mol. The Morgan fingerprint density at radius 1 is 1.30 bits per heavy atom. The number of phenolic OH excluding ortho intramolecular Hbond substituents is 1. The molecule has 2 aromatic heterocycles. The molecular formula is C20H20N4O2S. The van der Waals surface area contributed by atoms with E-state index in [0.29, 0.717) is 38.4 Å². The standard InChI is InChI=1S/C20H20N4O2S/c1-9-7-13(25)14(12-5-3-11(4-6-12)10(2)8-21)15-16(9)23-19(26)18-17(15)24-20(22)27-18/h3-7,10,25H,8,21H2,1-2H3,(H2,22,24)(H,23,26)/t10-/m0/s1. The van der Waals surface area contributed by atoms with Gasteiger partial charge in [-0.3, -0.25) is 4.79 Å². The van der Waals surface area contributed by atoms with Gasteiger partial charge in [0.1, 0.15) is 10.4 Å². The number of hydrogen-bond acceptors (Lipinski definition) is 6. The number of thiazole rings is 1. The van der Waals surface area contributed by atoms with Crippen molar-refractivity contribution in [2.75, 3.05) is 12.3 Å². The Morgan fingerprint density at radius 3 is 2.67 bits per heavy atom. The predicted molar refractivity (Wildman–Crippen MR) is 111 cm³/mol. The van der Waals surface area contributed by atoms with Crippen LogP contribution in [0.5, 0.6) is 5.75 Å². The van der Waals surface area contributed by atoms with E-state index in [1.54, 1.807) is 6.07 Å². The number of pyridine rings is 1. The quantitative estimate of drug-likeness (QED) is 0.434. The summed E-state index contributed by atoms with van der Waals surface area (Å²) in [6.45, 7) is 4.48. The third-order valence-corrected chi connectivity index (χ3v) is 5.83. The second kappa shape index (κ2) is 6.37. The summed E-state index contributed by atoms with van der Waals surface area (Å²) in [5.41, 5.74) is 15.9. The number of fused-ring (bicyclic) bond motifs is 3. The smallest absolute Gasteiger partial charge is 0.268 e. The van der Waals surface area contributed by atoms with Gasteiger partial charge in [0.2, 0.25) is 0 Å². The van der Waals surface area contributed by atoms with Crippen molar-refractivity contribution in [1.29, 1.82) is 0 Å². The zero-order chi connectivity index (χ0) is 19.3. The molecule has 6 nitrogen and oxygen atoms in total. The van der Waals surface area contributed by atoms with Crippen LogP contribution in [0.15, 0.2) is 35.1 Å². The maximum Gasteiger partial charge on any atom is 0.268 e. The third-order valence-electron chi connectivity index (χ3n) is 4.95. The van der Waals surface area contributed by atoms with Crippen LogP contribution in [0.2, 0.25) is 0 Å². The molecule has 0 bridgehead atoms. The van der Waals surface area contributed by atoms with E-state index in [-0.39, 0.29) is 17.2 Å². The topological polar surface area (TPSA) is 118 Å². The highest BCUT2D eigenvalue weighted by molar-refractivity contribution is 7.22. The Balaban J connectivity index is 2.08. The van der Waals surface area contributed by atoms with Crippen LogP contribution in [0, 0.1) is 6.92 Å². The van der Waals surface area contributed by atoms with Gasteiger partial charge in [0, 0.05) is 10.9 Å². The van der Waals surface area contributed by atoms with Crippen LogP contribution in [0.3, 0.4) is 0 Å². The normalized spacial score (nSPS) is 12.7. The number of aromatic hydroxyl groups is 1. The maximum absolute atomic E-state index is 12.4. The lowest BCUT2D eigenvalue weighted by atomic mass is 9.93. The van der Waals surface area contributed by atoms with Crippen LogP contribution < -0.4 is 17.0 Å². The Labute approximate surface area is 159 Å². The molecule has 4 rings (SSSR count). The van der Waals surface area contributed by atoms with Gasteiger partial charge in [0.15, 0.2) is 5.13 Å². The predicted octanol–water partition coefficient (Wildman–Crippen LogP) is 3.46. The molecule has 0 saturated carbocycles. The molecule has 1 atom stereocenters. The van der Waals surface area contributed by atoms with Crippen molar-refractivity contribution in [3.63, 3.8) is 0 Å². The first-order valence-electron chi connectivity index (χ1n) is 8.65. The summed E-state index contributed by atoms with van der Waals surface area (Å²) in [5.74, 6) is 0.392. The van der Waals surface area contributed by atoms with Gasteiger partial charge in [-0.25, -0.2) is 4.98 Å². The Bertz CT molecular complexity index is 1230. The van der Waals surface area contributed by atoms with Crippen molar-refractivity contribution >= 4 is 37.6 Å². The van der Waals surface area contributed by atoms with Crippen molar-refractivity contribution in [3.8, 4) is 16.9 Å². The molecule has 2 aromatic carbocycles. The number of H-pyrrole nitrogens is 1. The molecular weight excluding hydrogens is 360 g/mol. The van der Waals surface area contributed by atoms with E-state index in [2.05, 4.69) is 16.9 Å². The second-order valence-electron chi connectivity index (χ2n) is 6.78. The SMILES string of the molecule is Cc1cc(O)c(-c2ccc([C@@H](C)CN)cc2)c2c1[nH]c(=O)c1sc(N)nc12. The molecule has 0 saturated heterocycles. The number of rotatable bonds is 3. The first kappa shape index (κ1) is 17.5. The largest absolute Gasteiger partial charge is 0.507 e. The van der Waals surface area contributed by atoms with E-state index < -0.39 is 0 Å². The van der Waals surface area contributed by atoms with Crippen molar-refractivity contribution in [2.24, 2.45) is 5.73 Å². The van der Waals surface area contributed by atoms with Crippen LogP contribution in [0.1, 0.15) is 24.0 Å². The summed E-state index contributed by atoms with van der Waals surface area (Å²) in [6.07, 6.45) is 0. The van der Waals surface area contributed by atoms with Crippen molar-refractivity contribution in [3.05, 3.63) is 51.8 Å². The molecule has 2 heterocycles. The number of nitrogens with zero attached hydrogens (tertiary/aromatic N) is 1. The molecule has 4 aromatic rings. The summed E-state index contributed by atoms with van der Waals surface area (Å²) in [7, 11) is 0. The average molecular weight is 380 g/mol. The molecule has 0 amide bonds. The molecule has 0 fully saturated rings. The minimum absolute atomic E-state index is 0.138. The van der Waals surface area contributed by atoms with Crippen LogP contribution in [0.25, 0.3) is 32.2 Å². The summed E-state index contributed by atoms with van der Waals surface area (Å²) in [6, 6.07) is 9.59. The lowest BCUT2D eigenvalue weighted by molar-refractivity contribution is 0.477. The van der Waals surface area contributed by atoms with E-state index >= 15 is 0 Å². The number of nitrogen functional groups attached to an aromatic ring is 1. The average Bonchev–Trinajstić information content (AvgIpc) is 3.05. The van der Waals surface area contributed by atoms with Gasteiger partial charge in [0.25, 0.3) is 5.56 Å². The fourth-order valence-corrected chi connectivity index (χ4v) is 4.17. The highest BCUT2D eigenvalue weighted by Crippen LogP contribution is 2.41. The number of nitrogens with one attached hydrogen (secondary N) is 1. The first-order chi connectivity index (χ1) is 12.9. The number of anilines is 1. The van der Waals surface area contributed by atoms with E-state index in [1.807, 2.05) is 31.2 Å². The molecule has 0 spiro atoms. The van der Waals surface area contributed by atoms with Gasteiger partial charge in [-0.05, 0) is 42.1 Å². The fourth-order valence-electron chi connectivity index (χ4n) is 3.43. The van der Waals surface area contributed by atoms with E-state index in [1.165, 1.54) is 0 Å². The zero-order valence-electron chi connectivity index (χ0n) is 15.0. The molecule has 6 N–H and O–H groups in total. The third kappa shape index (κ3) is 2.75. The first-order valence-corrected chi connectivity index (χ1v) is 9.47. The van der Waals surface area contributed by atoms with E-state index in [4.69, 9.17) is 11.5 Å². The maximum atomic E-state index is 12.4. The second-order valence-corrected chi connectivity index (χ2v) is 7.81. The Morgan fingerprint density at radius 2 is 2.00 bits per heavy atom. The number of aromatic nitrogens is 2. The summed E-state index contributed by atoms with van der Waals surface area (Å²) in [4.78, 5) is 19.7. The Kier molecular flexibility index (Phi) is 4.13. The highest BCUT2D eigenvalue weighted by atomic mass is 32.1. The molecule has 27 heavy (non-hydrogen) atoms.